The van der Waals surface area contributed by atoms with Gasteiger partial charge < -0.3 is 15.0 Å². The third-order valence-electron chi connectivity index (χ3n) is 6.70. The average molecular weight is 612 g/mol. The predicted molar refractivity (Wildman–Crippen MR) is 143 cm³/mol. The Bertz CT molecular complexity index is 1610. The molecule has 1 N–H and O–H groups in total. The van der Waals surface area contributed by atoms with Crippen molar-refractivity contribution < 1.29 is 40.7 Å². The van der Waals surface area contributed by atoms with Gasteiger partial charge in [-0.2, -0.15) is 36.4 Å². The van der Waals surface area contributed by atoms with Gasteiger partial charge in [0.25, 0.3) is 5.91 Å². The fourth-order valence-corrected chi connectivity index (χ4v) is 5.65. The van der Waals surface area contributed by atoms with Gasteiger partial charge in [0.1, 0.15) is 6.61 Å². The second-order valence-corrected chi connectivity index (χ2v) is 11.0. The van der Waals surface area contributed by atoms with Gasteiger partial charge in [-0.3, -0.25) is 9.48 Å². The van der Waals surface area contributed by atoms with Crippen LogP contribution in [0.3, 0.4) is 0 Å². The summed E-state index contributed by atoms with van der Waals surface area (Å²) in [6.07, 6.45) is -7.35. The van der Waals surface area contributed by atoms with Crippen molar-refractivity contribution in [2.24, 2.45) is 4.99 Å². The highest BCUT2D eigenvalue weighted by Crippen LogP contribution is 2.38. The molecule has 0 aliphatic carbocycles. The Labute approximate surface area is 239 Å². The Hall–Kier alpha value is -4.01. The van der Waals surface area contributed by atoms with Gasteiger partial charge in [0, 0.05) is 18.0 Å². The van der Waals surface area contributed by atoms with Gasteiger partial charge in [-0.15, -0.1) is 0 Å². The normalized spacial score (nSPS) is 21.3. The average Bonchev–Trinajstić information content (AvgIpc) is 3.46. The van der Waals surface area contributed by atoms with Gasteiger partial charge in [0.15, 0.2) is 5.17 Å². The number of benzene rings is 2. The number of amides is 2. The van der Waals surface area contributed by atoms with E-state index >= 15 is 0 Å². The third-order valence-corrected chi connectivity index (χ3v) is 7.72. The van der Waals surface area contributed by atoms with Crippen LogP contribution in [0.5, 0.6) is 0 Å². The number of rotatable bonds is 3. The molecule has 0 spiro atoms. The predicted octanol–water partition coefficient (Wildman–Crippen LogP) is 5.91. The SMILES string of the molecule is C[C@@H]1CN(C2=NC(=O)/C(=C/c3ccc4c(cnn4Cc4ccc(C(F)(F)F)cc4C(F)(F)F)c3)S2)[C@H](C)COC(=O)N1. The minimum absolute atomic E-state index is 0.107. The summed E-state index contributed by atoms with van der Waals surface area (Å²) in [6, 6.07) is 6.02. The van der Waals surface area contributed by atoms with Crippen LogP contribution in [-0.2, 0) is 28.4 Å². The van der Waals surface area contributed by atoms with Crippen molar-refractivity contribution in [1.29, 1.82) is 0 Å². The first kappa shape index (κ1) is 29.5. The lowest BCUT2D eigenvalue weighted by Crippen LogP contribution is -2.51. The molecule has 222 valence electrons. The summed E-state index contributed by atoms with van der Waals surface area (Å²) in [5.74, 6) is -0.445. The summed E-state index contributed by atoms with van der Waals surface area (Å²) in [5, 5.41) is 7.87. The summed E-state index contributed by atoms with van der Waals surface area (Å²) >= 11 is 1.17. The second kappa shape index (κ2) is 11.0. The van der Waals surface area contributed by atoms with E-state index in [-0.39, 0.29) is 30.3 Å². The standard InChI is InChI=1S/C27H23F6N5O3S/c1-14-11-37(15(2)13-41-25(40)35-14)24-36-23(39)22(42-24)8-16-3-6-21-18(7-16)10-34-38(21)12-17-4-5-19(26(28,29)30)9-20(17)27(31,32)33/h3-10,14-15H,11-13H2,1-2H3,(H,35,40)/b22-8-/t14-,15-/m1/s1. The van der Waals surface area contributed by atoms with Crippen LogP contribution < -0.4 is 5.32 Å². The number of amidine groups is 1. The van der Waals surface area contributed by atoms with Crippen LogP contribution in [0.2, 0.25) is 0 Å². The van der Waals surface area contributed by atoms with Crippen molar-refractivity contribution in [3.8, 4) is 0 Å². The molecule has 1 fully saturated rings. The molecule has 0 saturated carbocycles. The third kappa shape index (κ3) is 6.25. The molecule has 0 unspecified atom stereocenters. The van der Waals surface area contributed by atoms with Gasteiger partial charge in [-0.05, 0) is 67.1 Å². The molecule has 3 aromatic rings. The molecule has 0 bridgehead atoms. The number of nitrogens with one attached hydrogen (secondary N) is 1. The van der Waals surface area contributed by atoms with Crippen molar-refractivity contribution in [2.75, 3.05) is 13.2 Å². The lowest BCUT2D eigenvalue weighted by molar-refractivity contribution is -0.143. The maximum absolute atomic E-state index is 13.6. The Morgan fingerprint density at radius 2 is 1.83 bits per heavy atom. The molecule has 1 aromatic heterocycles. The van der Waals surface area contributed by atoms with Crippen LogP contribution in [0.25, 0.3) is 17.0 Å². The molecule has 42 heavy (non-hydrogen) atoms. The Morgan fingerprint density at radius 1 is 1.07 bits per heavy atom. The fourth-order valence-electron chi connectivity index (χ4n) is 4.63. The molecule has 2 aliphatic rings. The smallest absolute Gasteiger partial charge is 0.416 e. The van der Waals surface area contributed by atoms with E-state index in [1.165, 1.54) is 22.6 Å². The molecule has 0 radical (unpaired) electrons. The second-order valence-electron chi connectivity index (χ2n) is 9.94. The maximum atomic E-state index is 13.6. The van der Waals surface area contributed by atoms with E-state index in [4.69, 9.17) is 4.74 Å². The molecular formula is C27H23F6N5O3S. The molecule has 2 aromatic carbocycles. The zero-order chi connectivity index (χ0) is 30.4. The van der Waals surface area contributed by atoms with Gasteiger partial charge in [0.05, 0.1) is 40.3 Å². The zero-order valence-corrected chi connectivity index (χ0v) is 22.9. The van der Waals surface area contributed by atoms with Crippen LogP contribution in [0, 0.1) is 0 Å². The van der Waals surface area contributed by atoms with E-state index in [1.807, 2.05) is 18.7 Å². The van der Waals surface area contributed by atoms with Crippen LogP contribution in [0.15, 0.2) is 52.5 Å². The molecule has 2 aliphatic heterocycles. The number of alkyl carbamates (subject to hydrolysis) is 1. The molecule has 5 rings (SSSR count). The number of aliphatic imine (C=N–C) groups is 1. The lowest BCUT2D eigenvalue weighted by atomic mass is 10.0. The number of halogens is 6. The van der Waals surface area contributed by atoms with Gasteiger partial charge >= 0.3 is 18.4 Å². The Morgan fingerprint density at radius 3 is 2.55 bits per heavy atom. The number of cyclic esters (lactones) is 1. The van der Waals surface area contributed by atoms with E-state index in [0.717, 1.165) is 6.07 Å². The number of fused-ring (bicyclic) bond motifs is 1. The van der Waals surface area contributed by atoms with Gasteiger partial charge in [-0.1, -0.05) is 12.1 Å². The van der Waals surface area contributed by atoms with Crippen LogP contribution in [0.1, 0.15) is 36.1 Å². The van der Waals surface area contributed by atoms with E-state index in [2.05, 4.69) is 15.4 Å². The number of ether oxygens (including phenoxy) is 1. The number of carbonyl (C=O) groups excluding carboxylic acids is 2. The van der Waals surface area contributed by atoms with E-state index in [9.17, 15) is 35.9 Å². The fraction of sp³-hybridized carbons (Fsp3) is 0.333. The summed E-state index contributed by atoms with van der Waals surface area (Å²) < 4.78 is 86.4. The minimum atomic E-state index is -4.99. The summed E-state index contributed by atoms with van der Waals surface area (Å²) in [7, 11) is 0. The highest BCUT2D eigenvalue weighted by atomic mass is 32.2. The number of aromatic nitrogens is 2. The molecule has 15 heteroatoms. The van der Waals surface area contributed by atoms with Gasteiger partial charge in [-0.25, -0.2) is 4.79 Å². The maximum Gasteiger partial charge on any atom is 0.416 e. The topological polar surface area (TPSA) is 88.8 Å². The first-order valence-corrected chi connectivity index (χ1v) is 13.5. The highest BCUT2D eigenvalue weighted by molar-refractivity contribution is 8.18. The number of hydrogen-bond acceptors (Lipinski definition) is 6. The number of nitrogens with zero attached hydrogens (tertiary/aromatic N) is 4. The zero-order valence-electron chi connectivity index (χ0n) is 22.1. The molecule has 8 nitrogen and oxygen atoms in total. The van der Waals surface area contributed by atoms with Crippen molar-refractivity contribution >= 4 is 45.9 Å². The monoisotopic (exact) mass is 611 g/mol. The Kier molecular flexibility index (Phi) is 7.72. The minimum Gasteiger partial charge on any atom is -0.447 e. The quantitative estimate of drug-likeness (QED) is 0.293. The summed E-state index contributed by atoms with van der Waals surface area (Å²) in [4.78, 5) is 30.8. The number of alkyl halides is 6. The highest BCUT2D eigenvalue weighted by Gasteiger charge is 2.38. The van der Waals surface area contributed by atoms with Crippen LogP contribution in [-0.4, -0.2) is 57.1 Å². The van der Waals surface area contributed by atoms with E-state index in [1.54, 1.807) is 24.3 Å². The Balaban J connectivity index is 1.36. The van der Waals surface area contributed by atoms with Crippen molar-refractivity contribution in [3.05, 3.63) is 69.8 Å². The van der Waals surface area contributed by atoms with Crippen molar-refractivity contribution in [1.82, 2.24) is 20.0 Å². The number of hydrogen-bond donors (Lipinski definition) is 1. The van der Waals surface area contributed by atoms with Crippen LogP contribution >= 0.6 is 11.8 Å². The molecule has 1 saturated heterocycles. The molecular weight excluding hydrogens is 588 g/mol. The van der Waals surface area contributed by atoms with Crippen molar-refractivity contribution in [3.63, 3.8) is 0 Å². The summed E-state index contributed by atoms with van der Waals surface area (Å²) in [5.41, 5.74) is -2.05. The van der Waals surface area contributed by atoms with Crippen molar-refractivity contribution in [2.45, 2.75) is 44.8 Å². The molecule has 3 heterocycles. The number of carbonyl (C=O) groups is 2. The molecule has 2 atom stereocenters. The molecule has 2 amide bonds. The largest absolute Gasteiger partial charge is 0.447 e. The number of thioether (sulfide) groups is 1. The van der Waals surface area contributed by atoms with Crippen LogP contribution in [0.4, 0.5) is 31.1 Å². The summed E-state index contributed by atoms with van der Waals surface area (Å²) in [6.45, 7) is 3.79. The first-order chi connectivity index (χ1) is 19.7. The van der Waals surface area contributed by atoms with E-state index in [0.29, 0.717) is 39.2 Å². The lowest BCUT2D eigenvalue weighted by Gasteiger charge is -2.34. The van der Waals surface area contributed by atoms with Gasteiger partial charge in [0.2, 0.25) is 0 Å². The first-order valence-electron chi connectivity index (χ1n) is 12.6. The van der Waals surface area contributed by atoms with E-state index < -0.39 is 42.0 Å².